The second-order valence-corrected chi connectivity index (χ2v) is 5.48. The first kappa shape index (κ1) is 24.1. The minimum Gasteiger partial charge on any atom is -0.253 e. The highest BCUT2D eigenvalue weighted by molar-refractivity contribution is 5.09. The normalized spacial score (nSPS) is 15.8. The number of alkyl halides is 13. The van der Waals surface area contributed by atoms with Crippen molar-refractivity contribution in [3.8, 4) is 0 Å². The van der Waals surface area contributed by atoms with Crippen LogP contribution in [0.4, 0.5) is 57.1 Å². The summed E-state index contributed by atoms with van der Waals surface area (Å²) in [7, 11) is 0. The third kappa shape index (κ3) is 3.92. The van der Waals surface area contributed by atoms with E-state index in [1.54, 1.807) is 0 Å². The third-order valence-electron chi connectivity index (χ3n) is 3.00. The predicted octanol–water partition coefficient (Wildman–Crippen LogP) is 5.32. The van der Waals surface area contributed by atoms with Crippen LogP contribution in [0.2, 0.25) is 0 Å². The lowest BCUT2D eigenvalue weighted by molar-refractivity contribution is -0.442. The Balaban J connectivity index is 5.86. The molecule has 0 aliphatic rings. The average molecular weight is 405 g/mol. The summed E-state index contributed by atoms with van der Waals surface area (Å²) in [6.07, 6.45) is -7.73. The SMILES string of the molecule is CC(C)CCNC(F)(F)C(F)(F)C(F)(F)C(F)(F)C(F)(F)C(F)(F)F. The first-order valence-corrected chi connectivity index (χ1v) is 6.37. The van der Waals surface area contributed by atoms with Crippen molar-refractivity contribution in [3.05, 3.63) is 0 Å². The van der Waals surface area contributed by atoms with Crippen LogP contribution in [0.1, 0.15) is 20.3 Å². The highest BCUT2D eigenvalue weighted by Gasteiger charge is 2.90. The predicted molar refractivity (Wildman–Crippen MR) is 58.2 cm³/mol. The van der Waals surface area contributed by atoms with E-state index in [1.165, 1.54) is 13.8 Å². The summed E-state index contributed by atoms with van der Waals surface area (Å²) < 4.78 is 165. The van der Waals surface area contributed by atoms with Crippen molar-refractivity contribution in [1.82, 2.24) is 5.32 Å². The molecule has 0 aromatic rings. The van der Waals surface area contributed by atoms with E-state index >= 15 is 0 Å². The maximum Gasteiger partial charge on any atom is 0.460 e. The van der Waals surface area contributed by atoms with Crippen LogP contribution in [0.15, 0.2) is 0 Å². The van der Waals surface area contributed by atoms with Gasteiger partial charge >= 0.3 is 35.9 Å². The Kier molecular flexibility index (Phi) is 6.40. The zero-order valence-corrected chi connectivity index (χ0v) is 12.4. The Morgan fingerprint density at radius 2 is 0.960 bits per heavy atom. The molecule has 0 saturated heterocycles. The molecule has 0 rings (SSSR count). The molecule has 0 amide bonds. The highest BCUT2D eigenvalue weighted by Crippen LogP contribution is 2.59. The fourth-order valence-electron chi connectivity index (χ4n) is 1.40. The van der Waals surface area contributed by atoms with Gasteiger partial charge in [-0.25, -0.2) is 0 Å². The molecule has 0 aromatic carbocycles. The molecule has 0 saturated carbocycles. The summed E-state index contributed by atoms with van der Waals surface area (Å²) in [5, 5.41) is 0.476. The van der Waals surface area contributed by atoms with E-state index in [4.69, 9.17) is 0 Å². The van der Waals surface area contributed by atoms with Crippen LogP contribution in [-0.4, -0.2) is 42.5 Å². The molecule has 0 atom stereocenters. The maximum atomic E-state index is 13.2. The molecular weight excluding hydrogens is 393 g/mol. The van der Waals surface area contributed by atoms with Crippen molar-refractivity contribution < 1.29 is 57.1 Å². The van der Waals surface area contributed by atoms with Gasteiger partial charge in [-0.15, -0.1) is 0 Å². The van der Waals surface area contributed by atoms with Crippen LogP contribution >= 0.6 is 0 Å². The van der Waals surface area contributed by atoms with Gasteiger partial charge < -0.3 is 0 Å². The summed E-state index contributed by atoms with van der Waals surface area (Å²) in [5.74, 6) is -31.0. The maximum absolute atomic E-state index is 13.2. The lowest BCUT2D eigenvalue weighted by Gasteiger charge is -2.39. The smallest absolute Gasteiger partial charge is 0.253 e. The van der Waals surface area contributed by atoms with Gasteiger partial charge in [0.15, 0.2) is 0 Å². The van der Waals surface area contributed by atoms with Crippen LogP contribution < -0.4 is 5.32 Å². The van der Waals surface area contributed by atoms with Gasteiger partial charge in [0.25, 0.3) is 0 Å². The molecule has 25 heavy (non-hydrogen) atoms. The van der Waals surface area contributed by atoms with Crippen molar-refractivity contribution in [2.24, 2.45) is 5.92 Å². The van der Waals surface area contributed by atoms with Crippen LogP contribution in [0.3, 0.4) is 0 Å². The Morgan fingerprint density at radius 1 is 0.600 bits per heavy atom. The van der Waals surface area contributed by atoms with E-state index in [9.17, 15) is 57.1 Å². The van der Waals surface area contributed by atoms with Crippen molar-refractivity contribution in [1.29, 1.82) is 0 Å². The number of rotatable bonds is 8. The number of hydrogen-bond donors (Lipinski definition) is 1. The van der Waals surface area contributed by atoms with Gasteiger partial charge in [-0.1, -0.05) is 13.8 Å². The van der Waals surface area contributed by atoms with E-state index in [-0.39, 0.29) is 6.42 Å². The van der Waals surface area contributed by atoms with Gasteiger partial charge in [-0.05, 0) is 12.3 Å². The minimum absolute atomic E-state index is 0.341. The molecular formula is C11H12F13N. The fourth-order valence-corrected chi connectivity index (χ4v) is 1.40. The van der Waals surface area contributed by atoms with Gasteiger partial charge in [0.1, 0.15) is 0 Å². The summed E-state index contributed by atoms with van der Waals surface area (Å²) in [6.45, 7) is 1.63. The van der Waals surface area contributed by atoms with Crippen LogP contribution in [0, 0.1) is 5.92 Å². The largest absolute Gasteiger partial charge is 0.460 e. The molecule has 0 spiro atoms. The van der Waals surface area contributed by atoms with E-state index in [2.05, 4.69) is 0 Å². The Bertz CT molecular complexity index is 451. The summed E-state index contributed by atoms with van der Waals surface area (Å²) in [5.41, 5.74) is 0. The minimum atomic E-state index is -7.86. The molecule has 0 bridgehead atoms. The van der Waals surface area contributed by atoms with Crippen molar-refractivity contribution in [2.75, 3.05) is 6.54 Å². The molecule has 152 valence electrons. The van der Waals surface area contributed by atoms with Gasteiger partial charge in [-0.3, -0.25) is 5.32 Å². The average Bonchev–Trinajstić information content (AvgIpc) is 2.35. The molecule has 1 nitrogen and oxygen atoms in total. The Labute approximate surface area is 132 Å². The number of halogens is 13. The molecule has 1 N–H and O–H groups in total. The second-order valence-electron chi connectivity index (χ2n) is 5.48. The van der Waals surface area contributed by atoms with E-state index in [1.807, 2.05) is 0 Å². The zero-order valence-electron chi connectivity index (χ0n) is 12.4. The van der Waals surface area contributed by atoms with Crippen LogP contribution in [0.25, 0.3) is 0 Å². The molecule has 0 heterocycles. The van der Waals surface area contributed by atoms with Gasteiger partial charge in [0.2, 0.25) is 0 Å². The molecule has 0 radical (unpaired) electrons. The molecule has 0 aliphatic heterocycles. The fraction of sp³-hybridized carbons (Fsp3) is 1.00. The monoisotopic (exact) mass is 405 g/mol. The Morgan fingerprint density at radius 3 is 1.28 bits per heavy atom. The second kappa shape index (κ2) is 6.65. The lowest BCUT2D eigenvalue weighted by atomic mass is 9.96. The Hall–Kier alpha value is -0.950. The molecule has 0 unspecified atom stereocenters. The number of nitrogens with one attached hydrogen (secondary N) is 1. The van der Waals surface area contributed by atoms with Crippen molar-refractivity contribution in [2.45, 2.75) is 56.2 Å². The number of hydrogen-bond acceptors (Lipinski definition) is 1. The molecule has 0 aromatic heterocycles. The summed E-state index contributed by atoms with van der Waals surface area (Å²) >= 11 is 0. The third-order valence-corrected chi connectivity index (χ3v) is 3.00. The summed E-state index contributed by atoms with van der Waals surface area (Å²) in [6, 6.07) is -6.20. The molecule has 0 aliphatic carbocycles. The molecule has 0 fully saturated rings. The topological polar surface area (TPSA) is 12.0 Å². The van der Waals surface area contributed by atoms with E-state index in [0.29, 0.717) is 5.32 Å². The van der Waals surface area contributed by atoms with E-state index in [0.717, 1.165) is 0 Å². The standard InChI is InChI=1S/C11H12F13N/c1-5(2)3-4-25-11(23,24)9(18,19)7(14,15)6(12,13)8(16,17)10(20,21)22/h5,25H,3-4H2,1-2H3. The van der Waals surface area contributed by atoms with Gasteiger partial charge in [0, 0.05) is 6.54 Å². The van der Waals surface area contributed by atoms with E-state index < -0.39 is 48.4 Å². The molecule has 14 heteroatoms. The highest BCUT2D eigenvalue weighted by atomic mass is 19.4. The van der Waals surface area contributed by atoms with Crippen molar-refractivity contribution >= 4 is 0 Å². The van der Waals surface area contributed by atoms with Crippen LogP contribution in [0.5, 0.6) is 0 Å². The zero-order chi connectivity index (χ0) is 20.7. The van der Waals surface area contributed by atoms with Crippen LogP contribution in [-0.2, 0) is 0 Å². The van der Waals surface area contributed by atoms with Crippen molar-refractivity contribution in [3.63, 3.8) is 0 Å². The quantitative estimate of drug-likeness (QED) is 0.426. The van der Waals surface area contributed by atoms with Gasteiger partial charge in [0.05, 0.1) is 0 Å². The summed E-state index contributed by atoms with van der Waals surface area (Å²) in [4.78, 5) is 0. The first-order valence-electron chi connectivity index (χ1n) is 6.37. The lowest BCUT2D eigenvalue weighted by Crippen LogP contribution is -2.72. The first-order chi connectivity index (χ1) is 10.7. The van der Waals surface area contributed by atoms with Gasteiger partial charge in [-0.2, -0.15) is 57.1 Å².